The second-order valence-corrected chi connectivity index (χ2v) is 6.10. The highest BCUT2D eigenvalue weighted by Gasteiger charge is 2.31. The molecule has 0 radical (unpaired) electrons. The fraction of sp³-hybridized carbons (Fsp3) is 0.462. The highest BCUT2D eigenvalue weighted by molar-refractivity contribution is 9.10. The Bertz CT molecular complexity index is 458. The molecule has 0 aromatic heterocycles. The monoisotopic (exact) mass is 330 g/mol. The number of amides is 1. The maximum Gasteiger partial charge on any atom is 0.226 e. The summed E-state index contributed by atoms with van der Waals surface area (Å²) in [5.41, 5.74) is 6.55. The van der Waals surface area contributed by atoms with Crippen molar-refractivity contribution in [2.24, 2.45) is 5.73 Å². The van der Waals surface area contributed by atoms with Gasteiger partial charge >= 0.3 is 0 Å². The number of halogens is 2. The third-order valence-electron chi connectivity index (χ3n) is 3.34. The molecule has 1 amide bonds. The van der Waals surface area contributed by atoms with E-state index in [1.165, 1.54) is 0 Å². The van der Waals surface area contributed by atoms with Crippen LogP contribution in [0.2, 0.25) is 5.02 Å². The smallest absolute Gasteiger partial charge is 0.226 e. The van der Waals surface area contributed by atoms with Gasteiger partial charge in [-0.25, -0.2) is 0 Å². The summed E-state index contributed by atoms with van der Waals surface area (Å²) in [7, 11) is 0. The third-order valence-corrected chi connectivity index (χ3v) is 4.74. The van der Waals surface area contributed by atoms with Crippen molar-refractivity contribution in [3.05, 3.63) is 27.7 Å². The molecule has 0 spiro atoms. The van der Waals surface area contributed by atoms with Crippen molar-refractivity contribution >= 4 is 39.1 Å². The average Bonchev–Trinajstić information content (AvgIpc) is 2.71. The standard InChI is InChI=1S/C13H16BrClN2O/c14-12-9(15)4-3-5-10(12)17-11(18)8-13(16)6-1-2-7-13/h3-5H,1-2,6-8,16H2,(H,17,18). The highest BCUT2D eigenvalue weighted by atomic mass is 79.9. The summed E-state index contributed by atoms with van der Waals surface area (Å²) in [6.45, 7) is 0. The molecule has 2 rings (SSSR count). The number of nitrogens with two attached hydrogens (primary N) is 1. The van der Waals surface area contributed by atoms with Gasteiger partial charge in [0, 0.05) is 12.0 Å². The Morgan fingerprint density at radius 3 is 2.78 bits per heavy atom. The van der Waals surface area contributed by atoms with E-state index in [1.807, 2.05) is 6.07 Å². The topological polar surface area (TPSA) is 55.1 Å². The molecule has 1 fully saturated rings. The van der Waals surface area contributed by atoms with E-state index in [4.69, 9.17) is 17.3 Å². The van der Waals surface area contributed by atoms with Crippen molar-refractivity contribution < 1.29 is 4.79 Å². The molecule has 1 aliphatic carbocycles. The van der Waals surface area contributed by atoms with Crippen molar-refractivity contribution in [1.82, 2.24) is 0 Å². The van der Waals surface area contributed by atoms with Crippen LogP contribution < -0.4 is 11.1 Å². The van der Waals surface area contributed by atoms with E-state index >= 15 is 0 Å². The van der Waals surface area contributed by atoms with Crippen LogP contribution in [-0.2, 0) is 4.79 Å². The summed E-state index contributed by atoms with van der Waals surface area (Å²) in [5.74, 6) is -0.0534. The molecule has 1 aliphatic rings. The molecule has 0 unspecified atom stereocenters. The lowest BCUT2D eigenvalue weighted by molar-refractivity contribution is -0.117. The number of benzene rings is 1. The van der Waals surface area contributed by atoms with Crippen LogP contribution in [0.25, 0.3) is 0 Å². The van der Waals surface area contributed by atoms with E-state index in [0.29, 0.717) is 21.6 Å². The van der Waals surface area contributed by atoms with Gasteiger partial charge in [-0.15, -0.1) is 0 Å². The van der Waals surface area contributed by atoms with Gasteiger partial charge in [-0.3, -0.25) is 4.79 Å². The molecule has 0 aliphatic heterocycles. The molecule has 1 aromatic rings. The zero-order chi connectivity index (χ0) is 13.2. The highest BCUT2D eigenvalue weighted by Crippen LogP contribution is 2.32. The summed E-state index contributed by atoms with van der Waals surface area (Å²) in [6, 6.07) is 5.38. The molecular weight excluding hydrogens is 316 g/mol. The number of carbonyl (C=O) groups is 1. The number of nitrogens with one attached hydrogen (secondary N) is 1. The minimum Gasteiger partial charge on any atom is -0.325 e. The van der Waals surface area contributed by atoms with Crippen molar-refractivity contribution in [3.8, 4) is 0 Å². The van der Waals surface area contributed by atoms with Crippen LogP contribution in [0.4, 0.5) is 5.69 Å². The average molecular weight is 332 g/mol. The van der Waals surface area contributed by atoms with Gasteiger partial charge in [0.05, 0.1) is 15.2 Å². The molecule has 18 heavy (non-hydrogen) atoms. The van der Waals surface area contributed by atoms with Gasteiger partial charge in [0.15, 0.2) is 0 Å². The normalized spacial score (nSPS) is 17.7. The number of carbonyl (C=O) groups excluding carboxylic acids is 1. The molecule has 1 aromatic carbocycles. The fourth-order valence-corrected chi connectivity index (χ4v) is 2.91. The zero-order valence-corrected chi connectivity index (χ0v) is 12.4. The first-order valence-electron chi connectivity index (χ1n) is 6.03. The lowest BCUT2D eigenvalue weighted by atomic mass is 9.94. The Morgan fingerprint density at radius 2 is 2.11 bits per heavy atom. The Kier molecular flexibility index (Phi) is 4.30. The number of hydrogen-bond donors (Lipinski definition) is 2. The van der Waals surface area contributed by atoms with Crippen LogP contribution in [0, 0.1) is 0 Å². The first kappa shape index (κ1) is 13.8. The minimum atomic E-state index is -0.324. The predicted octanol–water partition coefficient (Wildman–Crippen LogP) is 3.70. The van der Waals surface area contributed by atoms with E-state index in [1.54, 1.807) is 12.1 Å². The van der Waals surface area contributed by atoms with Crippen LogP contribution in [0.3, 0.4) is 0 Å². The second kappa shape index (κ2) is 5.59. The quantitative estimate of drug-likeness (QED) is 0.887. The van der Waals surface area contributed by atoms with E-state index in [9.17, 15) is 4.79 Å². The van der Waals surface area contributed by atoms with E-state index in [2.05, 4.69) is 21.2 Å². The van der Waals surface area contributed by atoms with E-state index in [0.717, 1.165) is 25.7 Å². The largest absolute Gasteiger partial charge is 0.325 e. The summed E-state index contributed by atoms with van der Waals surface area (Å²) < 4.78 is 0.706. The van der Waals surface area contributed by atoms with Gasteiger partial charge in [-0.2, -0.15) is 0 Å². The molecule has 0 bridgehead atoms. The summed E-state index contributed by atoms with van der Waals surface area (Å²) >= 11 is 9.33. The van der Waals surface area contributed by atoms with E-state index in [-0.39, 0.29) is 11.4 Å². The zero-order valence-electron chi connectivity index (χ0n) is 10.0. The molecular formula is C13H16BrClN2O. The SMILES string of the molecule is NC1(CC(=O)Nc2cccc(Cl)c2Br)CCCC1. The molecule has 0 saturated heterocycles. The fourth-order valence-electron chi connectivity index (χ4n) is 2.37. The number of anilines is 1. The summed E-state index contributed by atoms with van der Waals surface area (Å²) in [5, 5.41) is 3.43. The molecule has 1 saturated carbocycles. The van der Waals surface area contributed by atoms with Gasteiger partial charge in [-0.05, 0) is 40.9 Å². The number of hydrogen-bond acceptors (Lipinski definition) is 2. The maximum atomic E-state index is 12.0. The molecule has 98 valence electrons. The lowest BCUT2D eigenvalue weighted by Gasteiger charge is -2.22. The molecule has 5 heteroatoms. The van der Waals surface area contributed by atoms with Crippen molar-refractivity contribution in [3.63, 3.8) is 0 Å². The van der Waals surface area contributed by atoms with Crippen LogP contribution in [0.5, 0.6) is 0 Å². The lowest BCUT2D eigenvalue weighted by Crippen LogP contribution is -2.40. The van der Waals surface area contributed by atoms with Crippen LogP contribution >= 0.6 is 27.5 Å². The Hall–Kier alpha value is -0.580. The molecule has 0 heterocycles. The molecule has 3 N–H and O–H groups in total. The van der Waals surface area contributed by atoms with Crippen molar-refractivity contribution in [2.45, 2.75) is 37.6 Å². The predicted molar refractivity (Wildman–Crippen MR) is 77.8 cm³/mol. The third kappa shape index (κ3) is 3.25. The summed E-state index contributed by atoms with van der Waals surface area (Å²) in [6.07, 6.45) is 4.45. The van der Waals surface area contributed by atoms with Gasteiger partial charge in [-0.1, -0.05) is 30.5 Å². The first-order chi connectivity index (χ1) is 8.50. The Morgan fingerprint density at radius 1 is 1.44 bits per heavy atom. The minimum absolute atomic E-state index is 0.0534. The Balaban J connectivity index is 2.01. The van der Waals surface area contributed by atoms with Crippen LogP contribution in [0.15, 0.2) is 22.7 Å². The number of rotatable bonds is 3. The second-order valence-electron chi connectivity index (χ2n) is 4.90. The van der Waals surface area contributed by atoms with Gasteiger partial charge < -0.3 is 11.1 Å². The molecule has 3 nitrogen and oxygen atoms in total. The maximum absolute atomic E-state index is 12.0. The van der Waals surface area contributed by atoms with Gasteiger partial charge in [0.25, 0.3) is 0 Å². The van der Waals surface area contributed by atoms with E-state index < -0.39 is 0 Å². The van der Waals surface area contributed by atoms with Crippen LogP contribution in [-0.4, -0.2) is 11.4 Å². The van der Waals surface area contributed by atoms with Crippen LogP contribution in [0.1, 0.15) is 32.1 Å². The van der Waals surface area contributed by atoms with Gasteiger partial charge in [0.2, 0.25) is 5.91 Å². The molecule has 0 atom stereocenters. The van der Waals surface area contributed by atoms with Crippen molar-refractivity contribution in [2.75, 3.05) is 5.32 Å². The van der Waals surface area contributed by atoms with Gasteiger partial charge in [0.1, 0.15) is 0 Å². The first-order valence-corrected chi connectivity index (χ1v) is 7.20. The summed E-state index contributed by atoms with van der Waals surface area (Å²) in [4.78, 5) is 12.0. The van der Waals surface area contributed by atoms with Crippen molar-refractivity contribution in [1.29, 1.82) is 0 Å². The Labute approximate surface area is 120 Å².